The molecule has 1 fully saturated rings. The summed E-state index contributed by atoms with van der Waals surface area (Å²) in [4.78, 5) is 12.8. The van der Waals surface area contributed by atoms with Gasteiger partial charge in [0.25, 0.3) is 0 Å². The monoisotopic (exact) mass is 408 g/mol. The summed E-state index contributed by atoms with van der Waals surface area (Å²) in [5.41, 5.74) is 0.542. The maximum absolute atomic E-state index is 12.9. The zero-order valence-electron chi connectivity index (χ0n) is 15.3. The predicted octanol–water partition coefficient (Wildman–Crippen LogP) is 3.01. The molecule has 2 aromatic rings. The number of ketones is 1. The average Bonchev–Trinajstić information content (AvgIpc) is 2.67. The van der Waals surface area contributed by atoms with Crippen molar-refractivity contribution in [2.75, 3.05) is 19.6 Å². The quantitative estimate of drug-likeness (QED) is 0.720. The van der Waals surface area contributed by atoms with E-state index in [1.54, 1.807) is 42.5 Å². The Bertz CT molecular complexity index is 879. The van der Waals surface area contributed by atoms with Crippen LogP contribution in [0.2, 0.25) is 0 Å². The highest BCUT2D eigenvalue weighted by molar-refractivity contribution is 7.89. The Labute approximate surface area is 167 Å². The maximum atomic E-state index is 12.9. The number of halogens is 1. The normalized spacial score (nSPS) is 19.9. The summed E-state index contributed by atoms with van der Waals surface area (Å²) in [7, 11) is -3.78. The summed E-state index contributed by atoms with van der Waals surface area (Å²) in [5.74, 6) is -0.294. The van der Waals surface area contributed by atoms with Gasteiger partial charge in [-0.2, -0.15) is 0 Å². The third-order valence-electron chi connectivity index (χ3n) is 4.83. The van der Waals surface area contributed by atoms with Gasteiger partial charge < -0.3 is 5.32 Å². The minimum Gasteiger partial charge on any atom is -0.316 e. The molecule has 1 aliphatic rings. The first kappa shape index (κ1) is 21.6. The van der Waals surface area contributed by atoms with Crippen molar-refractivity contribution in [1.82, 2.24) is 10.0 Å². The molecule has 1 atom stereocenters. The van der Waals surface area contributed by atoms with E-state index in [1.165, 1.54) is 6.07 Å². The summed E-state index contributed by atoms with van der Waals surface area (Å²) >= 11 is 0. The van der Waals surface area contributed by atoms with Crippen molar-refractivity contribution in [1.29, 1.82) is 0 Å². The Morgan fingerprint density at radius 2 is 1.78 bits per heavy atom. The molecule has 146 valence electrons. The van der Waals surface area contributed by atoms with E-state index in [9.17, 15) is 13.2 Å². The first-order chi connectivity index (χ1) is 12.4. The Balaban J connectivity index is 0.00000261. The largest absolute Gasteiger partial charge is 0.316 e. The zero-order chi connectivity index (χ0) is 18.6. The lowest BCUT2D eigenvalue weighted by Gasteiger charge is -2.34. The molecule has 5 nitrogen and oxygen atoms in total. The lowest BCUT2D eigenvalue weighted by molar-refractivity contribution is 0.103. The fourth-order valence-corrected chi connectivity index (χ4v) is 4.65. The van der Waals surface area contributed by atoms with Gasteiger partial charge in [-0.1, -0.05) is 49.4 Å². The summed E-state index contributed by atoms with van der Waals surface area (Å²) in [6.45, 7) is 4.16. The van der Waals surface area contributed by atoms with Crippen molar-refractivity contribution in [3.05, 3.63) is 65.7 Å². The number of piperidine rings is 1. The van der Waals surface area contributed by atoms with E-state index in [0.29, 0.717) is 12.1 Å². The van der Waals surface area contributed by atoms with Crippen molar-refractivity contribution in [2.45, 2.75) is 24.7 Å². The zero-order valence-corrected chi connectivity index (χ0v) is 16.9. The number of hydrogen-bond donors (Lipinski definition) is 2. The highest BCUT2D eigenvalue weighted by atomic mass is 35.5. The third kappa shape index (κ3) is 5.17. The number of sulfonamides is 1. The van der Waals surface area contributed by atoms with Crippen LogP contribution in [0.1, 0.15) is 35.7 Å². The summed E-state index contributed by atoms with van der Waals surface area (Å²) in [6, 6.07) is 15.1. The van der Waals surface area contributed by atoms with Crippen LogP contribution in [0.25, 0.3) is 0 Å². The fourth-order valence-electron chi connectivity index (χ4n) is 3.25. The first-order valence-electron chi connectivity index (χ1n) is 8.81. The molecule has 2 aromatic carbocycles. The minimum atomic E-state index is -3.78. The van der Waals surface area contributed by atoms with E-state index in [1.807, 2.05) is 6.07 Å². The van der Waals surface area contributed by atoms with Crippen LogP contribution < -0.4 is 10.0 Å². The molecule has 0 spiro atoms. The Kier molecular flexibility index (Phi) is 7.17. The van der Waals surface area contributed by atoms with Gasteiger partial charge in [-0.05, 0) is 36.9 Å². The van der Waals surface area contributed by atoms with E-state index in [-0.39, 0.29) is 34.1 Å². The maximum Gasteiger partial charge on any atom is 0.241 e. The molecule has 0 saturated carbocycles. The highest BCUT2D eigenvalue weighted by Crippen LogP contribution is 2.26. The lowest BCUT2D eigenvalue weighted by Crippen LogP contribution is -2.45. The minimum absolute atomic E-state index is 0. The smallest absolute Gasteiger partial charge is 0.241 e. The van der Waals surface area contributed by atoms with Gasteiger partial charge in [0.05, 0.1) is 4.90 Å². The van der Waals surface area contributed by atoms with Crippen molar-refractivity contribution in [2.24, 2.45) is 5.41 Å². The molecule has 1 aliphatic heterocycles. The molecular weight excluding hydrogens is 384 g/mol. The molecule has 1 saturated heterocycles. The van der Waals surface area contributed by atoms with E-state index in [4.69, 9.17) is 0 Å². The number of hydrogen-bond acceptors (Lipinski definition) is 4. The molecule has 1 unspecified atom stereocenters. The second-order valence-corrected chi connectivity index (χ2v) is 8.84. The van der Waals surface area contributed by atoms with Gasteiger partial charge in [-0.25, -0.2) is 13.1 Å². The third-order valence-corrected chi connectivity index (χ3v) is 6.29. The summed E-state index contributed by atoms with van der Waals surface area (Å²) in [6.07, 6.45) is 1.99. The molecule has 3 rings (SSSR count). The Morgan fingerprint density at radius 3 is 2.44 bits per heavy atom. The van der Waals surface area contributed by atoms with Crippen LogP contribution in [0.15, 0.2) is 59.5 Å². The van der Waals surface area contributed by atoms with Crippen LogP contribution in [0.5, 0.6) is 0 Å². The highest BCUT2D eigenvalue weighted by Gasteiger charge is 2.30. The van der Waals surface area contributed by atoms with Gasteiger partial charge in [-0.15, -0.1) is 12.4 Å². The molecule has 1 heterocycles. The number of carbonyl (C=O) groups is 1. The Hall–Kier alpha value is -1.73. The average molecular weight is 409 g/mol. The lowest BCUT2D eigenvalue weighted by atomic mass is 9.83. The molecule has 0 bridgehead atoms. The van der Waals surface area contributed by atoms with Gasteiger partial charge in [0.2, 0.25) is 10.0 Å². The number of carbonyl (C=O) groups excluding carboxylic acids is 1. The van der Waals surface area contributed by atoms with Crippen LogP contribution in [-0.4, -0.2) is 33.8 Å². The van der Waals surface area contributed by atoms with Crippen LogP contribution in [0.3, 0.4) is 0 Å². The second kappa shape index (κ2) is 8.97. The van der Waals surface area contributed by atoms with Crippen LogP contribution in [-0.2, 0) is 10.0 Å². The molecule has 2 N–H and O–H groups in total. The molecule has 0 aromatic heterocycles. The molecule has 0 radical (unpaired) electrons. The van der Waals surface area contributed by atoms with E-state index in [0.717, 1.165) is 25.9 Å². The first-order valence-corrected chi connectivity index (χ1v) is 10.3. The summed E-state index contributed by atoms with van der Waals surface area (Å²) in [5, 5.41) is 3.31. The number of benzene rings is 2. The van der Waals surface area contributed by atoms with E-state index in [2.05, 4.69) is 17.0 Å². The molecule has 27 heavy (non-hydrogen) atoms. The molecular formula is C20H25ClN2O3S. The van der Waals surface area contributed by atoms with Gasteiger partial charge in [0.1, 0.15) is 0 Å². The van der Waals surface area contributed by atoms with Gasteiger partial charge in [0, 0.05) is 24.2 Å². The van der Waals surface area contributed by atoms with Gasteiger partial charge in [0.15, 0.2) is 5.78 Å². The Morgan fingerprint density at radius 1 is 1.11 bits per heavy atom. The van der Waals surface area contributed by atoms with Crippen molar-refractivity contribution in [3.8, 4) is 0 Å². The van der Waals surface area contributed by atoms with Crippen LogP contribution in [0, 0.1) is 5.41 Å². The number of nitrogens with one attached hydrogen (secondary N) is 2. The SMILES string of the molecule is CC1(CNS(=O)(=O)c2ccccc2C(=O)c2ccccc2)CCCNC1.Cl. The number of rotatable bonds is 6. The van der Waals surface area contributed by atoms with Crippen molar-refractivity contribution in [3.63, 3.8) is 0 Å². The van der Waals surface area contributed by atoms with Crippen LogP contribution >= 0.6 is 12.4 Å². The standard InChI is InChI=1S/C20H24N2O3S.ClH/c1-20(12-7-13-21-14-20)15-22-26(24,25)18-11-6-5-10-17(18)19(23)16-8-3-2-4-9-16;/h2-6,8-11,21-22H,7,12-15H2,1H3;1H. The van der Waals surface area contributed by atoms with E-state index < -0.39 is 10.0 Å². The van der Waals surface area contributed by atoms with Gasteiger partial charge in [-0.3, -0.25) is 4.79 Å². The molecule has 7 heteroatoms. The summed E-state index contributed by atoms with van der Waals surface area (Å²) < 4.78 is 28.5. The van der Waals surface area contributed by atoms with Gasteiger partial charge >= 0.3 is 0 Å². The topological polar surface area (TPSA) is 75.3 Å². The van der Waals surface area contributed by atoms with E-state index >= 15 is 0 Å². The van der Waals surface area contributed by atoms with Crippen molar-refractivity contribution < 1.29 is 13.2 Å². The fraction of sp³-hybridized carbons (Fsp3) is 0.350. The predicted molar refractivity (Wildman–Crippen MR) is 109 cm³/mol. The second-order valence-electron chi connectivity index (χ2n) is 7.11. The molecule has 0 aliphatic carbocycles. The van der Waals surface area contributed by atoms with Crippen molar-refractivity contribution >= 4 is 28.2 Å². The van der Waals surface area contributed by atoms with Crippen LogP contribution in [0.4, 0.5) is 0 Å². The molecule has 0 amide bonds.